The van der Waals surface area contributed by atoms with Crippen LogP contribution in [-0.2, 0) is 4.57 Å². The van der Waals surface area contributed by atoms with Gasteiger partial charge in [-0.1, -0.05) is 35.3 Å². The molecule has 0 aliphatic rings. The topological polar surface area (TPSA) is 44.8 Å². The molecule has 3 aromatic carbocycles. The van der Waals surface area contributed by atoms with E-state index in [1.165, 1.54) is 0 Å². The zero-order valence-corrected chi connectivity index (χ0v) is 16.2. The summed E-state index contributed by atoms with van der Waals surface area (Å²) in [5, 5.41) is 1.07. The standard InChI is InChI=1S/C19H15Cl2O4P/c1-14-3-2-4-19(13-14)25-26(22,23-17-9-5-15(20)6-10-17)24-18-11-7-16(21)8-12-18/h2-13H,1H3. The SMILES string of the molecule is Cc1cccc(OP(=O)(Oc2ccc(Cl)cc2)Oc2ccc(Cl)cc2)c1. The molecule has 26 heavy (non-hydrogen) atoms. The van der Waals surface area contributed by atoms with Crippen LogP contribution in [0.2, 0.25) is 10.0 Å². The highest BCUT2D eigenvalue weighted by Crippen LogP contribution is 2.50. The molecule has 0 spiro atoms. The van der Waals surface area contributed by atoms with Crippen molar-refractivity contribution < 1.29 is 18.1 Å². The maximum absolute atomic E-state index is 13.3. The normalized spacial score (nSPS) is 11.0. The predicted octanol–water partition coefficient (Wildman–Crippen LogP) is 6.95. The smallest absolute Gasteiger partial charge is 0.386 e. The van der Waals surface area contributed by atoms with E-state index in [0.29, 0.717) is 27.3 Å². The van der Waals surface area contributed by atoms with Crippen molar-refractivity contribution in [3.63, 3.8) is 0 Å². The van der Waals surface area contributed by atoms with Crippen molar-refractivity contribution in [3.05, 3.63) is 88.4 Å². The lowest BCUT2D eigenvalue weighted by molar-refractivity contribution is 0.298. The Morgan fingerprint density at radius 3 is 1.62 bits per heavy atom. The van der Waals surface area contributed by atoms with Crippen molar-refractivity contribution in [3.8, 4) is 17.2 Å². The minimum Gasteiger partial charge on any atom is -0.386 e. The average molecular weight is 409 g/mol. The summed E-state index contributed by atoms with van der Waals surface area (Å²) in [4.78, 5) is 0. The van der Waals surface area contributed by atoms with Crippen molar-refractivity contribution in [2.24, 2.45) is 0 Å². The van der Waals surface area contributed by atoms with Crippen molar-refractivity contribution in [1.29, 1.82) is 0 Å². The molecule has 0 aromatic heterocycles. The van der Waals surface area contributed by atoms with Crippen molar-refractivity contribution in [2.45, 2.75) is 6.92 Å². The Labute approximate surface area is 161 Å². The van der Waals surface area contributed by atoms with Crippen LogP contribution < -0.4 is 13.6 Å². The molecule has 0 heterocycles. The van der Waals surface area contributed by atoms with Gasteiger partial charge in [0, 0.05) is 10.0 Å². The summed E-state index contributed by atoms with van der Waals surface area (Å²) in [6, 6.07) is 19.9. The zero-order valence-electron chi connectivity index (χ0n) is 13.8. The van der Waals surface area contributed by atoms with Gasteiger partial charge >= 0.3 is 7.82 Å². The van der Waals surface area contributed by atoms with Gasteiger partial charge in [0.05, 0.1) is 0 Å². The summed E-state index contributed by atoms with van der Waals surface area (Å²) in [6.07, 6.45) is 0. The zero-order chi connectivity index (χ0) is 18.6. The summed E-state index contributed by atoms with van der Waals surface area (Å²) < 4.78 is 30.0. The maximum atomic E-state index is 13.3. The number of phosphoric acid groups is 1. The van der Waals surface area contributed by atoms with Crippen LogP contribution in [0.4, 0.5) is 0 Å². The van der Waals surface area contributed by atoms with Crippen LogP contribution in [0, 0.1) is 6.92 Å². The van der Waals surface area contributed by atoms with Gasteiger partial charge in [-0.2, -0.15) is 4.57 Å². The van der Waals surface area contributed by atoms with Gasteiger partial charge in [-0.3, -0.25) is 0 Å². The summed E-state index contributed by atoms with van der Waals surface area (Å²) in [6.45, 7) is 1.90. The van der Waals surface area contributed by atoms with E-state index in [1.54, 1.807) is 66.7 Å². The van der Waals surface area contributed by atoms with Crippen molar-refractivity contribution in [2.75, 3.05) is 0 Å². The highest BCUT2D eigenvalue weighted by molar-refractivity contribution is 7.49. The Morgan fingerprint density at radius 2 is 1.15 bits per heavy atom. The molecule has 0 N–H and O–H groups in total. The first kappa shape index (κ1) is 18.7. The minimum absolute atomic E-state index is 0.305. The van der Waals surface area contributed by atoms with Crippen LogP contribution in [0.25, 0.3) is 0 Å². The van der Waals surface area contributed by atoms with Gasteiger partial charge in [-0.25, -0.2) is 0 Å². The molecule has 7 heteroatoms. The molecule has 134 valence electrons. The number of halogens is 2. The van der Waals surface area contributed by atoms with E-state index in [-0.39, 0.29) is 0 Å². The second kappa shape index (κ2) is 8.05. The van der Waals surface area contributed by atoms with Crippen LogP contribution in [0.1, 0.15) is 5.56 Å². The molecule has 0 aliphatic heterocycles. The molecule has 0 atom stereocenters. The second-order valence-corrected chi connectivity index (χ2v) is 7.76. The lowest BCUT2D eigenvalue weighted by atomic mass is 10.2. The van der Waals surface area contributed by atoms with Gasteiger partial charge in [0.15, 0.2) is 0 Å². The number of benzene rings is 3. The van der Waals surface area contributed by atoms with Gasteiger partial charge in [-0.15, -0.1) is 0 Å². The molecule has 0 radical (unpaired) electrons. The van der Waals surface area contributed by atoms with Gasteiger partial charge in [0.1, 0.15) is 17.2 Å². The number of rotatable bonds is 6. The molecule has 0 fully saturated rings. The number of aryl methyl sites for hydroxylation is 1. The highest BCUT2D eigenvalue weighted by atomic mass is 35.5. The molecule has 0 unspecified atom stereocenters. The first-order valence-corrected chi connectivity index (χ1v) is 9.90. The Balaban J connectivity index is 1.89. The molecular formula is C19H15Cl2O4P. The third kappa shape index (κ3) is 5.18. The number of hydrogen-bond donors (Lipinski definition) is 0. The van der Waals surface area contributed by atoms with E-state index in [0.717, 1.165) is 5.56 Å². The number of phosphoric ester groups is 1. The monoisotopic (exact) mass is 408 g/mol. The fourth-order valence-electron chi connectivity index (χ4n) is 2.11. The van der Waals surface area contributed by atoms with E-state index in [1.807, 2.05) is 13.0 Å². The molecule has 3 rings (SSSR count). The largest absolute Gasteiger partial charge is 0.647 e. The van der Waals surface area contributed by atoms with Gasteiger partial charge < -0.3 is 13.6 Å². The molecule has 0 saturated carbocycles. The van der Waals surface area contributed by atoms with Gasteiger partial charge in [0.25, 0.3) is 0 Å². The summed E-state index contributed by atoms with van der Waals surface area (Å²) in [5.74, 6) is 0.981. The predicted molar refractivity (Wildman–Crippen MR) is 104 cm³/mol. The fraction of sp³-hybridized carbons (Fsp3) is 0.0526. The van der Waals surface area contributed by atoms with Crippen molar-refractivity contribution in [1.82, 2.24) is 0 Å². The molecule has 4 nitrogen and oxygen atoms in total. The molecule has 0 amide bonds. The Bertz CT molecular complexity index is 876. The lowest BCUT2D eigenvalue weighted by Crippen LogP contribution is -2.07. The fourth-order valence-corrected chi connectivity index (χ4v) is 3.60. The molecule has 0 saturated heterocycles. The summed E-state index contributed by atoms with van der Waals surface area (Å²) in [5.41, 5.74) is 0.951. The van der Waals surface area contributed by atoms with E-state index in [9.17, 15) is 4.57 Å². The third-order valence-corrected chi connectivity index (χ3v) is 5.08. The van der Waals surface area contributed by atoms with Crippen LogP contribution in [0.3, 0.4) is 0 Å². The second-order valence-electron chi connectivity index (χ2n) is 5.45. The van der Waals surface area contributed by atoms with E-state index in [2.05, 4.69) is 0 Å². The van der Waals surface area contributed by atoms with Crippen LogP contribution >= 0.6 is 31.0 Å². The minimum atomic E-state index is -4.02. The Hall–Kier alpha value is -2.13. The van der Waals surface area contributed by atoms with Crippen LogP contribution in [-0.4, -0.2) is 0 Å². The van der Waals surface area contributed by atoms with Crippen molar-refractivity contribution >= 4 is 31.0 Å². The maximum Gasteiger partial charge on any atom is 0.647 e. The molecular weight excluding hydrogens is 394 g/mol. The quantitative estimate of drug-likeness (QED) is 0.414. The number of hydrogen-bond acceptors (Lipinski definition) is 4. The van der Waals surface area contributed by atoms with E-state index < -0.39 is 7.82 Å². The molecule has 3 aromatic rings. The summed E-state index contributed by atoms with van der Waals surface area (Å²) >= 11 is 11.8. The molecule has 0 bridgehead atoms. The first-order chi connectivity index (χ1) is 12.4. The third-order valence-electron chi connectivity index (χ3n) is 3.27. The van der Waals surface area contributed by atoms with Gasteiger partial charge in [-0.05, 0) is 73.2 Å². The van der Waals surface area contributed by atoms with Gasteiger partial charge in [0.2, 0.25) is 0 Å². The summed E-state index contributed by atoms with van der Waals surface area (Å²) in [7, 11) is -4.02. The Kier molecular flexibility index (Phi) is 5.77. The highest BCUT2D eigenvalue weighted by Gasteiger charge is 2.33. The molecule has 0 aliphatic carbocycles. The van der Waals surface area contributed by atoms with Crippen LogP contribution in [0.5, 0.6) is 17.2 Å². The van der Waals surface area contributed by atoms with Crippen LogP contribution in [0.15, 0.2) is 72.8 Å². The van der Waals surface area contributed by atoms with E-state index in [4.69, 9.17) is 36.8 Å². The van der Waals surface area contributed by atoms with E-state index >= 15 is 0 Å². The Morgan fingerprint density at radius 1 is 0.692 bits per heavy atom. The lowest BCUT2D eigenvalue weighted by Gasteiger charge is -2.19. The average Bonchev–Trinajstić information content (AvgIpc) is 2.59. The first-order valence-electron chi connectivity index (χ1n) is 7.68.